The zero-order valence-electron chi connectivity index (χ0n) is 10.3. The van der Waals surface area contributed by atoms with Crippen molar-refractivity contribution in [3.05, 3.63) is 47.4 Å². The number of amides is 1. The quantitative estimate of drug-likeness (QED) is 0.652. The molecule has 0 fully saturated rings. The van der Waals surface area contributed by atoms with Crippen molar-refractivity contribution in [2.75, 3.05) is 13.4 Å². The maximum Gasteiger partial charge on any atom is 0.333 e. The predicted molar refractivity (Wildman–Crippen MR) is 72.0 cm³/mol. The first-order valence-electron chi connectivity index (χ1n) is 5.31. The molecule has 0 heterocycles. The van der Waals surface area contributed by atoms with Crippen molar-refractivity contribution in [3.8, 4) is 0 Å². The average molecular weight is 265 g/mol. The number of hydrogen-bond donors (Lipinski definition) is 1. The van der Waals surface area contributed by atoms with E-state index in [-0.39, 0.29) is 5.91 Å². The van der Waals surface area contributed by atoms with Crippen molar-refractivity contribution < 1.29 is 14.3 Å². The van der Waals surface area contributed by atoms with E-state index in [1.54, 1.807) is 29.7 Å². The molecule has 0 bridgehead atoms. The second-order valence-corrected chi connectivity index (χ2v) is 4.16. The fourth-order valence-electron chi connectivity index (χ4n) is 1.36. The number of rotatable bonds is 5. The van der Waals surface area contributed by atoms with Gasteiger partial charge >= 0.3 is 5.97 Å². The van der Waals surface area contributed by atoms with Crippen LogP contribution in [0.4, 0.5) is 0 Å². The van der Waals surface area contributed by atoms with E-state index in [9.17, 15) is 9.59 Å². The minimum absolute atomic E-state index is 0.330. The summed E-state index contributed by atoms with van der Waals surface area (Å²) in [6, 6.07) is 8.19. The Morgan fingerprint density at radius 2 is 2.00 bits per heavy atom. The Kier molecular flexibility index (Phi) is 6.00. The molecule has 96 valence electrons. The fraction of sp³-hybridized carbons (Fsp3) is 0.231. The highest BCUT2D eigenvalue weighted by Gasteiger charge is 2.22. The second kappa shape index (κ2) is 7.55. The Balaban J connectivity index is 2.84. The number of thioether (sulfide) groups is 1. The maximum absolute atomic E-state index is 11.7. The zero-order valence-corrected chi connectivity index (χ0v) is 11.1. The number of benzene rings is 1. The van der Waals surface area contributed by atoms with Crippen molar-refractivity contribution in [2.24, 2.45) is 0 Å². The number of carbonyl (C=O) groups excluding carboxylic acids is 2. The van der Waals surface area contributed by atoms with E-state index in [1.165, 1.54) is 24.9 Å². The summed E-state index contributed by atoms with van der Waals surface area (Å²) in [7, 11) is 1.29. The van der Waals surface area contributed by atoms with Crippen LogP contribution < -0.4 is 5.32 Å². The SMILES string of the molecule is COC(=O)C(NC(=O)/C=C\SC)c1ccccc1. The lowest BCUT2D eigenvalue weighted by molar-refractivity contribution is -0.144. The summed E-state index contributed by atoms with van der Waals surface area (Å²) in [5.41, 5.74) is 0.690. The lowest BCUT2D eigenvalue weighted by Gasteiger charge is -2.15. The standard InChI is InChI=1S/C13H15NO3S/c1-17-13(16)12(10-6-4-3-5-7-10)14-11(15)8-9-18-2/h3-9,12H,1-2H3,(H,14,15)/b9-8-. The van der Waals surface area contributed by atoms with Crippen molar-refractivity contribution in [1.29, 1.82) is 0 Å². The molecule has 1 unspecified atom stereocenters. The van der Waals surface area contributed by atoms with E-state index in [1.807, 2.05) is 12.3 Å². The zero-order chi connectivity index (χ0) is 13.4. The molecule has 4 nitrogen and oxygen atoms in total. The molecule has 1 aromatic rings. The molecule has 0 radical (unpaired) electrons. The van der Waals surface area contributed by atoms with Gasteiger partial charge in [0.2, 0.25) is 5.91 Å². The monoisotopic (exact) mass is 265 g/mol. The first-order valence-corrected chi connectivity index (χ1v) is 6.60. The van der Waals surface area contributed by atoms with Crippen molar-refractivity contribution >= 4 is 23.6 Å². The lowest BCUT2D eigenvalue weighted by Crippen LogP contribution is -2.33. The summed E-state index contributed by atoms with van der Waals surface area (Å²) in [4.78, 5) is 23.2. The topological polar surface area (TPSA) is 55.4 Å². The van der Waals surface area contributed by atoms with Crippen LogP contribution in [0.5, 0.6) is 0 Å². The molecule has 0 saturated heterocycles. The molecule has 1 N–H and O–H groups in total. The summed E-state index contributed by atoms with van der Waals surface area (Å²) in [5, 5.41) is 4.25. The molecule has 1 atom stereocenters. The Hall–Kier alpha value is -1.75. The summed E-state index contributed by atoms with van der Waals surface area (Å²) in [6.07, 6.45) is 3.22. The van der Waals surface area contributed by atoms with Crippen LogP contribution in [0.15, 0.2) is 41.8 Å². The fourth-order valence-corrected chi connectivity index (χ4v) is 1.62. The van der Waals surface area contributed by atoms with Gasteiger partial charge in [0, 0.05) is 6.08 Å². The van der Waals surface area contributed by atoms with Gasteiger partial charge in [-0.3, -0.25) is 4.79 Å². The Morgan fingerprint density at radius 1 is 1.33 bits per heavy atom. The number of hydrogen-bond acceptors (Lipinski definition) is 4. The van der Waals surface area contributed by atoms with Crippen LogP contribution in [-0.4, -0.2) is 25.2 Å². The van der Waals surface area contributed by atoms with Crippen LogP contribution in [0.3, 0.4) is 0 Å². The van der Waals surface area contributed by atoms with Crippen LogP contribution in [0.25, 0.3) is 0 Å². The number of methoxy groups -OCH3 is 1. The molecule has 0 aliphatic rings. The normalized spacial score (nSPS) is 12.1. The van der Waals surface area contributed by atoms with E-state index in [2.05, 4.69) is 10.1 Å². The smallest absolute Gasteiger partial charge is 0.333 e. The second-order valence-electron chi connectivity index (χ2n) is 3.41. The van der Waals surface area contributed by atoms with Gasteiger partial charge in [0.1, 0.15) is 0 Å². The molecule has 0 aliphatic heterocycles. The summed E-state index contributed by atoms with van der Waals surface area (Å²) >= 11 is 1.41. The molecule has 18 heavy (non-hydrogen) atoms. The number of carbonyl (C=O) groups is 2. The average Bonchev–Trinajstić information content (AvgIpc) is 2.42. The van der Waals surface area contributed by atoms with Gasteiger partial charge in [0.05, 0.1) is 7.11 Å². The summed E-state index contributed by atoms with van der Waals surface area (Å²) in [5.74, 6) is -0.823. The Bertz CT molecular complexity index is 431. The van der Waals surface area contributed by atoms with Crippen molar-refractivity contribution in [1.82, 2.24) is 5.32 Å². The van der Waals surface area contributed by atoms with E-state index in [4.69, 9.17) is 0 Å². The third-order valence-corrected chi connectivity index (χ3v) is 2.62. The highest BCUT2D eigenvalue weighted by atomic mass is 32.2. The molecule has 0 aromatic heterocycles. The van der Waals surface area contributed by atoms with E-state index in [0.29, 0.717) is 5.56 Å². The van der Waals surface area contributed by atoms with E-state index < -0.39 is 12.0 Å². The van der Waals surface area contributed by atoms with Crippen LogP contribution in [0.2, 0.25) is 0 Å². The number of nitrogens with one attached hydrogen (secondary N) is 1. The van der Waals surface area contributed by atoms with Gasteiger partial charge in [-0.1, -0.05) is 30.3 Å². The molecular formula is C13H15NO3S. The third-order valence-electron chi connectivity index (χ3n) is 2.21. The summed E-state index contributed by atoms with van der Waals surface area (Å²) < 4.78 is 4.69. The van der Waals surface area contributed by atoms with Crippen molar-refractivity contribution in [2.45, 2.75) is 6.04 Å². The first-order chi connectivity index (χ1) is 8.69. The first kappa shape index (κ1) is 14.3. The molecule has 0 saturated carbocycles. The van der Waals surface area contributed by atoms with E-state index >= 15 is 0 Å². The Morgan fingerprint density at radius 3 is 2.56 bits per heavy atom. The molecule has 0 aliphatic carbocycles. The largest absolute Gasteiger partial charge is 0.467 e. The molecule has 1 amide bonds. The summed E-state index contributed by atoms with van der Waals surface area (Å²) in [6.45, 7) is 0. The number of ether oxygens (including phenoxy) is 1. The van der Waals surface area contributed by atoms with Crippen LogP contribution >= 0.6 is 11.8 Å². The van der Waals surface area contributed by atoms with Crippen LogP contribution in [0.1, 0.15) is 11.6 Å². The van der Waals surface area contributed by atoms with Crippen molar-refractivity contribution in [3.63, 3.8) is 0 Å². The molecule has 1 rings (SSSR count). The number of esters is 1. The predicted octanol–water partition coefficient (Wildman–Crippen LogP) is 1.89. The lowest BCUT2D eigenvalue weighted by atomic mass is 10.1. The third kappa shape index (κ3) is 4.25. The van der Waals surface area contributed by atoms with Crippen LogP contribution in [-0.2, 0) is 14.3 Å². The highest BCUT2D eigenvalue weighted by Crippen LogP contribution is 2.14. The maximum atomic E-state index is 11.7. The van der Waals surface area contributed by atoms with Gasteiger partial charge < -0.3 is 10.1 Å². The Labute approximate surface area is 110 Å². The minimum atomic E-state index is -0.782. The van der Waals surface area contributed by atoms with Crippen LogP contribution in [0, 0.1) is 0 Å². The molecular weight excluding hydrogens is 250 g/mol. The van der Waals surface area contributed by atoms with Gasteiger partial charge in [-0.25, -0.2) is 4.79 Å². The van der Waals surface area contributed by atoms with E-state index in [0.717, 1.165) is 0 Å². The van der Waals surface area contributed by atoms with Gasteiger partial charge in [0.25, 0.3) is 0 Å². The molecule has 1 aromatic carbocycles. The van der Waals surface area contributed by atoms with Gasteiger partial charge in [-0.05, 0) is 17.2 Å². The van der Waals surface area contributed by atoms with Gasteiger partial charge in [0.15, 0.2) is 6.04 Å². The van der Waals surface area contributed by atoms with Gasteiger partial charge in [-0.15, -0.1) is 11.8 Å². The highest BCUT2D eigenvalue weighted by molar-refractivity contribution is 8.01. The minimum Gasteiger partial charge on any atom is -0.467 e. The molecule has 5 heteroatoms. The van der Waals surface area contributed by atoms with Gasteiger partial charge in [-0.2, -0.15) is 0 Å². The molecule has 0 spiro atoms.